The van der Waals surface area contributed by atoms with Gasteiger partial charge in [-0.3, -0.25) is 5.10 Å². The summed E-state index contributed by atoms with van der Waals surface area (Å²) in [5, 5.41) is 24.9. The molecule has 8 nitrogen and oxygen atoms in total. The summed E-state index contributed by atoms with van der Waals surface area (Å²) >= 11 is 0. The Balaban J connectivity index is 1.74. The van der Waals surface area contributed by atoms with Gasteiger partial charge >= 0.3 is 0 Å². The van der Waals surface area contributed by atoms with Crippen molar-refractivity contribution in [1.29, 1.82) is 0 Å². The van der Waals surface area contributed by atoms with Crippen LogP contribution in [0.2, 0.25) is 0 Å². The molecule has 0 aliphatic heterocycles. The van der Waals surface area contributed by atoms with Crippen LogP contribution in [0, 0.1) is 0 Å². The first-order valence-electron chi connectivity index (χ1n) is 9.47. The third kappa shape index (κ3) is 3.68. The van der Waals surface area contributed by atoms with E-state index in [1.165, 1.54) is 0 Å². The number of fused-ring (bicyclic) bond motifs is 1. The van der Waals surface area contributed by atoms with Crippen LogP contribution < -0.4 is 5.32 Å². The highest BCUT2D eigenvalue weighted by Gasteiger charge is 2.25. The van der Waals surface area contributed by atoms with Crippen molar-refractivity contribution in [1.82, 2.24) is 24.8 Å². The summed E-state index contributed by atoms with van der Waals surface area (Å²) in [6, 6.07) is 2.31. The SMILES string of the molecule is COC[C@H](C)Nc1ncc2c(-c3cn[nH]c3)cc(C3CCC(O)CC3)n2n1. The molecule has 1 atom stereocenters. The zero-order valence-electron chi connectivity index (χ0n) is 15.7. The smallest absolute Gasteiger partial charge is 0.241 e. The standard InChI is InChI=1S/C19H26N6O2/c1-12(11-27-2)23-19-20-10-18-16(14-8-21-22-9-14)7-17(25(18)24-19)13-3-5-15(26)6-4-13/h7-10,12-13,15,26H,3-6,11H2,1-2H3,(H,21,22)(H,23,24)/t12-,13?,15?/m0/s1. The highest BCUT2D eigenvalue weighted by atomic mass is 16.5. The predicted molar refractivity (Wildman–Crippen MR) is 103 cm³/mol. The fourth-order valence-corrected chi connectivity index (χ4v) is 3.88. The van der Waals surface area contributed by atoms with Gasteiger partial charge in [-0.2, -0.15) is 5.10 Å². The number of aromatic nitrogens is 5. The van der Waals surface area contributed by atoms with E-state index in [2.05, 4.69) is 26.6 Å². The lowest BCUT2D eigenvalue weighted by Crippen LogP contribution is -2.23. The minimum atomic E-state index is -0.178. The Kier molecular flexibility index (Phi) is 5.09. The molecule has 1 saturated carbocycles. The molecule has 0 radical (unpaired) electrons. The molecule has 1 aliphatic rings. The molecular weight excluding hydrogens is 344 g/mol. The van der Waals surface area contributed by atoms with Crippen LogP contribution in [0.1, 0.15) is 44.2 Å². The molecule has 3 aromatic heterocycles. The number of anilines is 1. The number of ether oxygens (including phenoxy) is 1. The second-order valence-corrected chi connectivity index (χ2v) is 7.35. The van der Waals surface area contributed by atoms with Gasteiger partial charge in [0.05, 0.1) is 30.6 Å². The molecule has 0 amide bonds. The van der Waals surface area contributed by atoms with Crippen molar-refractivity contribution in [2.75, 3.05) is 19.0 Å². The van der Waals surface area contributed by atoms with Crippen LogP contribution >= 0.6 is 0 Å². The largest absolute Gasteiger partial charge is 0.393 e. The first-order chi connectivity index (χ1) is 13.2. The van der Waals surface area contributed by atoms with Crippen LogP contribution in [0.15, 0.2) is 24.7 Å². The van der Waals surface area contributed by atoms with Crippen molar-refractivity contribution in [3.8, 4) is 11.1 Å². The van der Waals surface area contributed by atoms with Gasteiger partial charge in [0.2, 0.25) is 5.95 Å². The molecule has 144 valence electrons. The van der Waals surface area contributed by atoms with Crippen molar-refractivity contribution in [3.05, 3.63) is 30.4 Å². The molecule has 8 heteroatoms. The number of nitrogens with zero attached hydrogens (tertiary/aromatic N) is 4. The highest BCUT2D eigenvalue weighted by Crippen LogP contribution is 2.37. The van der Waals surface area contributed by atoms with Crippen molar-refractivity contribution in [3.63, 3.8) is 0 Å². The summed E-state index contributed by atoms with van der Waals surface area (Å²) in [5.74, 6) is 0.958. The van der Waals surface area contributed by atoms with Crippen molar-refractivity contribution in [2.24, 2.45) is 0 Å². The summed E-state index contributed by atoms with van der Waals surface area (Å²) in [6.07, 6.45) is 8.98. The molecule has 0 unspecified atom stereocenters. The Morgan fingerprint density at radius 1 is 1.33 bits per heavy atom. The topological polar surface area (TPSA) is 100 Å². The average Bonchev–Trinajstić information content (AvgIpc) is 3.30. The summed E-state index contributed by atoms with van der Waals surface area (Å²) in [5.41, 5.74) is 4.22. The van der Waals surface area contributed by atoms with E-state index in [0.29, 0.717) is 18.5 Å². The molecule has 0 aromatic carbocycles. The number of hydrogen-bond donors (Lipinski definition) is 3. The Hall–Kier alpha value is -2.45. The number of aromatic amines is 1. The van der Waals surface area contributed by atoms with Crippen LogP contribution in [-0.2, 0) is 4.74 Å². The van der Waals surface area contributed by atoms with E-state index >= 15 is 0 Å². The number of aliphatic hydroxyl groups excluding tert-OH is 1. The van der Waals surface area contributed by atoms with E-state index in [9.17, 15) is 5.11 Å². The summed E-state index contributed by atoms with van der Waals surface area (Å²) < 4.78 is 7.19. The molecule has 3 aromatic rings. The van der Waals surface area contributed by atoms with Gasteiger partial charge in [-0.25, -0.2) is 9.50 Å². The van der Waals surface area contributed by atoms with Gasteiger partial charge in [-0.05, 0) is 38.7 Å². The van der Waals surface area contributed by atoms with Gasteiger partial charge in [0.15, 0.2) is 0 Å². The number of rotatable bonds is 6. The molecule has 1 aliphatic carbocycles. The summed E-state index contributed by atoms with van der Waals surface area (Å²) in [7, 11) is 1.68. The maximum atomic E-state index is 9.87. The van der Waals surface area contributed by atoms with E-state index in [-0.39, 0.29) is 12.1 Å². The van der Waals surface area contributed by atoms with Crippen LogP contribution in [0.5, 0.6) is 0 Å². The summed E-state index contributed by atoms with van der Waals surface area (Å²) in [4.78, 5) is 4.50. The van der Waals surface area contributed by atoms with E-state index < -0.39 is 0 Å². The number of nitrogens with one attached hydrogen (secondary N) is 2. The lowest BCUT2D eigenvalue weighted by Gasteiger charge is -2.25. The molecule has 3 N–H and O–H groups in total. The van der Waals surface area contributed by atoms with E-state index in [1.54, 1.807) is 7.11 Å². The quantitative estimate of drug-likeness (QED) is 0.617. The van der Waals surface area contributed by atoms with Crippen LogP contribution in [0.4, 0.5) is 5.95 Å². The summed E-state index contributed by atoms with van der Waals surface area (Å²) in [6.45, 7) is 2.62. The normalized spacial score (nSPS) is 21.4. The average molecular weight is 370 g/mol. The maximum Gasteiger partial charge on any atom is 0.241 e. The van der Waals surface area contributed by atoms with Gasteiger partial charge < -0.3 is 15.2 Å². The third-order valence-electron chi connectivity index (χ3n) is 5.26. The molecule has 4 rings (SSSR count). The van der Waals surface area contributed by atoms with Gasteiger partial charge in [0.1, 0.15) is 0 Å². The number of H-pyrrole nitrogens is 1. The van der Waals surface area contributed by atoms with Crippen molar-refractivity contribution >= 4 is 11.5 Å². The van der Waals surface area contributed by atoms with Crippen LogP contribution in [0.25, 0.3) is 16.6 Å². The van der Waals surface area contributed by atoms with Gasteiger partial charge in [-0.15, -0.1) is 5.10 Å². The number of hydrogen-bond acceptors (Lipinski definition) is 6. The predicted octanol–water partition coefficient (Wildman–Crippen LogP) is 2.58. The molecule has 0 saturated heterocycles. The van der Waals surface area contributed by atoms with Gasteiger partial charge in [0.25, 0.3) is 0 Å². The van der Waals surface area contributed by atoms with E-state index in [4.69, 9.17) is 9.84 Å². The first-order valence-corrected chi connectivity index (χ1v) is 9.47. The second kappa shape index (κ2) is 7.66. The fourth-order valence-electron chi connectivity index (χ4n) is 3.88. The van der Waals surface area contributed by atoms with Gasteiger partial charge in [0, 0.05) is 42.1 Å². The number of methoxy groups -OCH3 is 1. The number of aliphatic hydroxyl groups is 1. The molecule has 0 bridgehead atoms. The fraction of sp³-hybridized carbons (Fsp3) is 0.526. The Morgan fingerprint density at radius 2 is 2.15 bits per heavy atom. The monoisotopic (exact) mass is 370 g/mol. The molecule has 27 heavy (non-hydrogen) atoms. The zero-order chi connectivity index (χ0) is 18.8. The maximum absolute atomic E-state index is 9.87. The second-order valence-electron chi connectivity index (χ2n) is 7.35. The van der Waals surface area contributed by atoms with Crippen molar-refractivity contribution < 1.29 is 9.84 Å². The molecule has 0 spiro atoms. The molecule has 3 heterocycles. The first kappa shape index (κ1) is 17.9. The third-order valence-corrected chi connectivity index (χ3v) is 5.26. The lowest BCUT2D eigenvalue weighted by molar-refractivity contribution is 0.121. The van der Waals surface area contributed by atoms with E-state index in [1.807, 2.05) is 30.0 Å². The zero-order valence-corrected chi connectivity index (χ0v) is 15.7. The Labute approximate surface area is 158 Å². The lowest BCUT2D eigenvalue weighted by atomic mass is 9.85. The molecule has 1 fully saturated rings. The minimum absolute atomic E-state index is 0.115. The Morgan fingerprint density at radius 3 is 2.85 bits per heavy atom. The minimum Gasteiger partial charge on any atom is -0.393 e. The van der Waals surface area contributed by atoms with Crippen molar-refractivity contribution in [2.45, 2.75) is 50.7 Å². The van der Waals surface area contributed by atoms with E-state index in [0.717, 1.165) is 48.0 Å². The van der Waals surface area contributed by atoms with Crippen LogP contribution in [-0.4, -0.2) is 55.8 Å². The molecular formula is C19H26N6O2. The van der Waals surface area contributed by atoms with Crippen LogP contribution in [0.3, 0.4) is 0 Å². The Bertz CT molecular complexity index is 883. The highest BCUT2D eigenvalue weighted by molar-refractivity contribution is 5.80. The van der Waals surface area contributed by atoms with Gasteiger partial charge in [-0.1, -0.05) is 0 Å².